The van der Waals surface area contributed by atoms with E-state index in [1.54, 1.807) is 6.07 Å². The van der Waals surface area contributed by atoms with Crippen molar-refractivity contribution in [2.45, 2.75) is 77.6 Å². The molecule has 26 heavy (non-hydrogen) atoms. The minimum Gasteiger partial charge on any atom is -0.481 e. The lowest BCUT2D eigenvalue weighted by molar-refractivity contribution is -0.140. The third-order valence-electron chi connectivity index (χ3n) is 5.94. The molecule has 2 aliphatic rings. The van der Waals surface area contributed by atoms with E-state index in [1.807, 2.05) is 30.9 Å². The van der Waals surface area contributed by atoms with E-state index in [0.29, 0.717) is 23.1 Å². The van der Waals surface area contributed by atoms with Crippen molar-refractivity contribution >= 4 is 17.5 Å². The molecule has 144 valence electrons. The Labute approximate surface area is 162 Å². The number of nitrogens with zero attached hydrogens (tertiary/aromatic N) is 2. The first kappa shape index (κ1) is 19.5. The fourth-order valence-electron chi connectivity index (χ4n) is 4.58. The maximum Gasteiger partial charge on any atom is 0.263 e. The number of amides is 1. The molecule has 4 atom stereocenters. The molecule has 1 amide bonds. The van der Waals surface area contributed by atoms with Gasteiger partial charge < -0.3 is 9.64 Å². The fraction of sp³-hybridized carbons (Fsp3) is 0.667. The van der Waals surface area contributed by atoms with Crippen molar-refractivity contribution in [2.75, 3.05) is 13.1 Å². The third kappa shape index (κ3) is 4.17. The van der Waals surface area contributed by atoms with Crippen molar-refractivity contribution in [3.63, 3.8) is 0 Å². The van der Waals surface area contributed by atoms with Gasteiger partial charge in [0.2, 0.25) is 0 Å². The summed E-state index contributed by atoms with van der Waals surface area (Å²) < 4.78 is 5.95. The van der Waals surface area contributed by atoms with E-state index in [1.165, 1.54) is 19.3 Å². The molecule has 0 aliphatic carbocycles. The van der Waals surface area contributed by atoms with Gasteiger partial charge in [0.1, 0.15) is 5.75 Å². The molecule has 2 fully saturated rings. The average Bonchev–Trinajstić information content (AvgIpc) is 2.95. The van der Waals surface area contributed by atoms with Crippen molar-refractivity contribution in [2.24, 2.45) is 0 Å². The molecule has 0 aromatic heterocycles. The molecule has 0 spiro atoms. The van der Waals surface area contributed by atoms with Gasteiger partial charge in [-0.1, -0.05) is 11.6 Å². The Kier molecular flexibility index (Phi) is 6.13. The summed E-state index contributed by atoms with van der Waals surface area (Å²) in [5.41, 5.74) is 0.952. The Morgan fingerprint density at radius 3 is 2.58 bits per heavy atom. The monoisotopic (exact) mass is 378 g/mol. The highest BCUT2D eigenvalue weighted by molar-refractivity contribution is 6.30. The van der Waals surface area contributed by atoms with Crippen LogP contribution in [0.15, 0.2) is 18.2 Å². The van der Waals surface area contributed by atoms with Crippen LogP contribution in [0.1, 0.15) is 52.0 Å². The molecular formula is C21H31ClN2O2. The van der Waals surface area contributed by atoms with E-state index in [4.69, 9.17) is 16.3 Å². The number of rotatable bonds is 4. The Hall–Kier alpha value is -1.26. The molecule has 0 N–H and O–H groups in total. The van der Waals surface area contributed by atoms with Crippen molar-refractivity contribution in [1.29, 1.82) is 0 Å². The SMILES string of the molecule is Cc1cc(Cl)ccc1O[C@H](C)C(=O)N1CCC[C@H](N2[C@H](C)CC[C@H]2C)C1. The number of hydrogen-bond donors (Lipinski definition) is 0. The zero-order valence-electron chi connectivity index (χ0n) is 16.4. The summed E-state index contributed by atoms with van der Waals surface area (Å²) in [6, 6.07) is 7.22. The number of likely N-dealkylation sites (tertiary alicyclic amines) is 2. The molecule has 0 unspecified atom stereocenters. The smallest absolute Gasteiger partial charge is 0.263 e. The first-order valence-electron chi connectivity index (χ1n) is 9.86. The molecule has 1 aromatic rings. The summed E-state index contributed by atoms with van der Waals surface area (Å²) in [5, 5.41) is 0.682. The van der Waals surface area contributed by atoms with Crippen LogP contribution in [0.5, 0.6) is 5.75 Å². The van der Waals surface area contributed by atoms with E-state index in [2.05, 4.69) is 18.7 Å². The highest BCUT2D eigenvalue weighted by Crippen LogP contribution is 2.30. The standard InChI is InChI=1S/C21H31ClN2O2/c1-14-12-18(22)9-10-20(14)26-17(4)21(25)23-11-5-6-19(13-23)24-15(2)7-8-16(24)3/h9-10,12,15-17,19H,5-8,11,13H2,1-4H3/t15-,16-,17-,19+/m1/s1. The number of carbonyl (C=O) groups is 1. The maximum atomic E-state index is 13.0. The Morgan fingerprint density at radius 2 is 1.92 bits per heavy atom. The van der Waals surface area contributed by atoms with Crippen LogP contribution >= 0.6 is 11.6 Å². The fourth-order valence-corrected chi connectivity index (χ4v) is 4.80. The van der Waals surface area contributed by atoms with Gasteiger partial charge in [-0.3, -0.25) is 9.69 Å². The highest BCUT2D eigenvalue weighted by atomic mass is 35.5. The van der Waals surface area contributed by atoms with Gasteiger partial charge >= 0.3 is 0 Å². The molecule has 1 aromatic carbocycles. The lowest BCUT2D eigenvalue weighted by atomic mass is 10.0. The number of carbonyl (C=O) groups excluding carboxylic acids is 1. The molecule has 2 aliphatic heterocycles. The predicted molar refractivity (Wildman–Crippen MR) is 106 cm³/mol. The molecule has 3 rings (SSSR count). The molecule has 2 heterocycles. The Bertz CT molecular complexity index is 641. The van der Waals surface area contributed by atoms with Crippen LogP contribution in [0, 0.1) is 6.92 Å². The zero-order chi connectivity index (χ0) is 18.8. The summed E-state index contributed by atoms with van der Waals surface area (Å²) in [5.74, 6) is 0.814. The molecule has 0 radical (unpaired) electrons. The lowest BCUT2D eigenvalue weighted by Crippen LogP contribution is -2.54. The van der Waals surface area contributed by atoms with Crippen LogP contribution < -0.4 is 4.74 Å². The van der Waals surface area contributed by atoms with Crippen LogP contribution in [-0.2, 0) is 4.79 Å². The van der Waals surface area contributed by atoms with E-state index in [-0.39, 0.29) is 5.91 Å². The number of aryl methyl sites for hydroxylation is 1. The predicted octanol–water partition coefficient (Wildman–Crippen LogP) is 4.28. The van der Waals surface area contributed by atoms with Gasteiger partial charge in [-0.15, -0.1) is 0 Å². The first-order chi connectivity index (χ1) is 12.4. The summed E-state index contributed by atoms with van der Waals surface area (Å²) in [4.78, 5) is 17.6. The molecule has 5 heteroatoms. The summed E-state index contributed by atoms with van der Waals surface area (Å²) in [7, 11) is 0. The van der Waals surface area contributed by atoms with Crippen LogP contribution in [0.4, 0.5) is 0 Å². The average molecular weight is 379 g/mol. The van der Waals surface area contributed by atoms with E-state index >= 15 is 0 Å². The minimum atomic E-state index is -0.484. The third-order valence-corrected chi connectivity index (χ3v) is 6.17. The quantitative estimate of drug-likeness (QED) is 0.783. The second-order valence-corrected chi connectivity index (χ2v) is 8.41. The van der Waals surface area contributed by atoms with Gasteiger partial charge in [-0.25, -0.2) is 0 Å². The second-order valence-electron chi connectivity index (χ2n) is 7.97. The number of halogens is 1. The summed E-state index contributed by atoms with van der Waals surface area (Å²) in [6.45, 7) is 10.1. The molecular weight excluding hydrogens is 348 g/mol. The van der Waals surface area contributed by atoms with Crippen LogP contribution in [-0.4, -0.2) is 53.0 Å². The number of hydrogen-bond acceptors (Lipinski definition) is 3. The van der Waals surface area contributed by atoms with E-state index in [9.17, 15) is 4.79 Å². The van der Waals surface area contributed by atoms with Crippen LogP contribution in [0.2, 0.25) is 5.02 Å². The second kappa shape index (κ2) is 8.18. The van der Waals surface area contributed by atoms with Gasteiger partial charge in [0.25, 0.3) is 5.91 Å². The molecule has 2 saturated heterocycles. The van der Waals surface area contributed by atoms with E-state index < -0.39 is 6.10 Å². The number of benzene rings is 1. The van der Waals surface area contributed by atoms with Crippen molar-refractivity contribution in [3.8, 4) is 5.75 Å². The highest BCUT2D eigenvalue weighted by Gasteiger charge is 2.37. The van der Waals surface area contributed by atoms with E-state index in [0.717, 1.165) is 30.8 Å². The first-order valence-corrected chi connectivity index (χ1v) is 10.2. The van der Waals surface area contributed by atoms with Gasteiger partial charge in [0, 0.05) is 36.2 Å². The van der Waals surface area contributed by atoms with Gasteiger partial charge in [0.15, 0.2) is 6.10 Å². The van der Waals surface area contributed by atoms with Crippen LogP contribution in [0.3, 0.4) is 0 Å². The summed E-state index contributed by atoms with van der Waals surface area (Å²) >= 11 is 6.00. The number of ether oxygens (including phenoxy) is 1. The Balaban J connectivity index is 1.63. The number of piperidine rings is 1. The van der Waals surface area contributed by atoms with Crippen molar-refractivity contribution < 1.29 is 9.53 Å². The van der Waals surface area contributed by atoms with Gasteiger partial charge in [0.05, 0.1) is 0 Å². The normalized spacial score (nSPS) is 28.2. The lowest BCUT2D eigenvalue weighted by Gasteiger charge is -2.42. The topological polar surface area (TPSA) is 32.8 Å². The molecule has 4 nitrogen and oxygen atoms in total. The largest absolute Gasteiger partial charge is 0.481 e. The van der Waals surface area contributed by atoms with Crippen molar-refractivity contribution in [1.82, 2.24) is 9.80 Å². The maximum absolute atomic E-state index is 13.0. The van der Waals surface area contributed by atoms with Gasteiger partial charge in [-0.05, 0) is 77.1 Å². The molecule has 0 saturated carbocycles. The van der Waals surface area contributed by atoms with Crippen molar-refractivity contribution in [3.05, 3.63) is 28.8 Å². The molecule has 0 bridgehead atoms. The minimum absolute atomic E-state index is 0.0866. The van der Waals surface area contributed by atoms with Gasteiger partial charge in [-0.2, -0.15) is 0 Å². The Morgan fingerprint density at radius 1 is 1.23 bits per heavy atom. The van der Waals surface area contributed by atoms with Crippen LogP contribution in [0.25, 0.3) is 0 Å². The summed E-state index contributed by atoms with van der Waals surface area (Å²) in [6.07, 6.45) is 4.30. The zero-order valence-corrected chi connectivity index (χ0v) is 17.1.